The lowest BCUT2D eigenvalue weighted by molar-refractivity contribution is 0.0237. The molecule has 1 aliphatic heterocycles. The fraction of sp³-hybridized carbons (Fsp3) is 1.00. The molecule has 1 heterocycles. The van der Waals surface area contributed by atoms with Gasteiger partial charge in [-0.2, -0.15) is 0 Å². The molecule has 118 valence electrons. The maximum absolute atomic E-state index is 9.82. The molecule has 3 unspecified atom stereocenters. The Morgan fingerprint density at radius 3 is 2.90 bits per heavy atom. The molecule has 0 spiro atoms. The molecule has 0 aromatic carbocycles. The lowest BCUT2D eigenvalue weighted by atomic mass is 9.78. The van der Waals surface area contributed by atoms with Gasteiger partial charge in [-0.15, -0.1) is 0 Å². The van der Waals surface area contributed by atoms with Gasteiger partial charge in [-0.05, 0) is 57.5 Å². The Hall–Kier alpha value is -0.160. The lowest BCUT2D eigenvalue weighted by Gasteiger charge is -2.46. The van der Waals surface area contributed by atoms with Crippen LogP contribution in [0, 0.1) is 5.92 Å². The number of piperidine rings is 1. The maximum atomic E-state index is 9.82. The minimum atomic E-state index is -0.0358. The normalized spacial score (nSPS) is 36.1. The van der Waals surface area contributed by atoms with Gasteiger partial charge in [-0.25, -0.2) is 0 Å². The van der Waals surface area contributed by atoms with Crippen LogP contribution >= 0.6 is 0 Å². The quantitative estimate of drug-likeness (QED) is 0.778. The van der Waals surface area contributed by atoms with E-state index in [4.69, 9.17) is 4.74 Å². The van der Waals surface area contributed by atoms with Gasteiger partial charge in [0.15, 0.2) is 0 Å². The Morgan fingerprint density at radius 2 is 2.20 bits per heavy atom. The van der Waals surface area contributed by atoms with Crippen molar-refractivity contribution in [3.63, 3.8) is 0 Å². The fourth-order valence-corrected chi connectivity index (χ4v) is 4.18. The van der Waals surface area contributed by atoms with Crippen molar-refractivity contribution in [3.05, 3.63) is 0 Å². The van der Waals surface area contributed by atoms with E-state index in [0.717, 1.165) is 26.0 Å². The molecule has 4 heteroatoms. The van der Waals surface area contributed by atoms with Crippen molar-refractivity contribution < 1.29 is 9.84 Å². The third-order valence-electron chi connectivity index (χ3n) is 5.14. The van der Waals surface area contributed by atoms with E-state index in [9.17, 15) is 5.11 Å². The highest BCUT2D eigenvalue weighted by Crippen LogP contribution is 2.33. The number of hydrogen-bond donors (Lipinski definition) is 2. The van der Waals surface area contributed by atoms with Gasteiger partial charge in [0, 0.05) is 25.2 Å². The molecule has 0 aromatic heterocycles. The predicted octanol–water partition coefficient (Wildman–Crippen LogP) is 1.63. The number of aliphatic hydroxyl groups is 1. The number of rotatable bonds is 6. The zero-order valence-electron chi connectivity index (χ0n) is 13.2. The Bertz CT molecular complexity index is 282. The molecular weight excluding hydrogens is 252 g/mol. The number of likely N-dealkylation sites (N-methyl/N-ethyl adjacent to an activating group) is 1. The largest absolute Gasteiger partial charge is 0.394 e. The van der Waals surface area contributed by atoms with Crippen LogP contribution in [-0.2, 0) is 4.74 Å². The Morgan fingerprint density at radius 1 is 1.35 bits per heavy atom. The number of ether oxygens (including phenoxy) is 1. The van der Waals surface area contributed by atoms with E-state index in [1.807, 2.05) is 7.11 Å². The first-order valence-electron chi connectivity index (χ1n) is 8.32. The van der Waals surface area contributed by atoms with Crippen LogP contribution in [0.25, 0.3) is 0 Å². The molecule has 2 fully saturated rings. The lowest BCUT2D eigenvalue weighted by Crippen LogP contribution is -2.57. The number of aliphatic hydroxyl groups excluding tert-OH is 1. The Balaban J connectivity index is 1.93. The summed E-state index contributed by atoms with van der Waals surface area (Å²) in [5.41, 5.74) is -0.0358. The molecular formula is C16H32N2O2. The van der Waals surface area contributed by atoms with E-state index in [2.05, 4.69) is 17.1 Å². The van der Waals surface area contributed by atoms with E-state index in [-0.39, 0.29) is 12.1 Å². The summed E-state index contributed by atoms with van der Waals surface area (Å²) in [6.45, 7) is 6.63. The second kappa shape index (κ2) is 7.74. The van der Waals surface area contributed by atoms with Crippen molar-refractivity contribution in [3.8, 4) is 0 Å². The van der Waals surface area contributed by atoms with Crippen molar-refractivity contribution in [1.82, 2.24) is 10.2 Å². The first kappa shape index (κ1) is 16.2. The van der Waals surface area contributed by atoms with Gasteiger partial charge in [0.25, 0.3) is 0 Å². The molecule has 4 nitrogen and oxygen atoms in total. The monoisotopic (exact) mass is 284 g/mol. The van der Waals surface area contributed by atoms with E-state index in [1.165, 1.54) is 38.8 Å². The second-order valence-electron chi connectivity index (χ2n) is 6.68. The molecule has 0 bridgehead atoms. The second-order valence-corrected chi connectivity index (χ2v) is 6.68. The molecule has 0 aromatic rings. The summed E-state index contributed by atoms with van der Waals surface area (Å²) in [4.78, 5) is 2.66. The van der Waals surface area contributed by atoms with Crippen molar-refractivity contribution >= 4 is 0 Å². The van der Waals surface area contributed by atoms with E-state index >= 15 is 0 Å². The van der Waals surface area contributed by atoms with Crippen LogP contribution in [0.2, 0.25) is 0 Å². The van der Waals surface area contributed by atoms with Crippen molar-refractivity contribution in [2.24, 2.45) is 5.92 Å². The summed E-state index contributed by atoms with van der Waals surface area (Å²) in [5.74, 6) is 0.693. The van der Waals surface area contributed by atoms with Crippen LogP contribution in [0.4, 0.5) is 0 Å². The summed E-state index contributed by atoms with van der Waals surface area (Å²) in [6.07, 6.45) is 7.31. The average Bonchev–Trinajstić information content (AvgIpc) is 2.48. The van der Waals surface area contributed by atoms with Gasteiger partial charge >= 0.3 is 0 Å². The summed E-state index contributed by atoms with van der Waals surface area (Å²) in [7, 11) is 1.81. The molecule has 2 rings (SSSR count). The standard InChI is InChI=1S/C16H32N2O2/c1-3-17-16(13-19)8-4-7-15(10-16)18-9-5-6-14(11-18)12-20-2/h14-15,17,19H,3-13H2,1-2H3. The van der Waals surface area contributed by atoms with Gasteiger partial charge in [0.2, 0.25) is 0 Å². The summed E-state index contributed by atoms with van der Waals surface area (Å²) >= 11 is 0. The molecule has 20 heavy (non-hydrogen) atoms. The first-order valence-corrected chi connectivity index (χ1v) is 8.32. The van der Waals surface area contributed by atoms with Crippen molar-refractivity contribution in [1.29, 1.82) is 0 Å². The van der Waals surface area contributed by atoms with Crippen molar-refractivity contribution in [2.75, 3.05) is 40.0 Å². The molecule has 3 atom stereocenters. The SMILES string of the molecule is CCNC1(CO)CCCC(N2CCCC(COC)C2)C1. The molecule has 1 saturated carbocycles. The molecule has 0 radical (unpaired) electrons. The molecule has 2 aliphatic rings. The molecule has 1 aliphatic carbocycles. The number of nitrogens with zero attached hydrogens (tertiary/aromatic N) is 1. The summed E-state index contributed by atoms with van der Waals surface area (Å²) in [6, 6.07) is 0.634. The number of nitrogens with one attached hydrogen (secondary N) is 1. The highest BCUT2D eigenvalue weighted by molar-refractivity contribution is 4.97. The number of methoxy groups -OCH3 is 1. The van der Waals surface area contributed by atoms with Gasteiger partial charge < -0.3 is 15.2 Å². The topological polar surface area (TPSA) is 44.7 Å². The van der Waals surface area contributed by atoms with Gasteiger partial charge in [-0.1, -0.05) is 6.92 Å². The van der Waals surface area contributed by atoms with Crippen LogP contribution in [0.1, 0.15) is 45.4 Å². The zero-order chi connectivity index (χ0) is 14.4. The fourth-order valence-electron chi connectivity index (χ4n) is 4.18. The van der Waals surface area contributed by atoms with Crippen LogP contribution in [0.15, 0.2) is 0 Å². The highest BCUT2D eigenvalue weighted by atomic mass is 16.5. The Kier molecular flexibility index (Phi) is 6.27. The van der Waals surface area contributed by atoms with Gasteiger partial charge in [0.1, 0.15) is 0 Å². The average molecular weight is 284 g/mol. The van der Waals surface area contributed by atoms with E-state index in [0.29, 0.717) is 12.0 Å². The van der Waals surface area contributed by atoms with E-state index < -0.39 is 0 Å². The molecule has 1 saturated heterocycles. The van der Waals surface area contributed by atoms with E-state index in [1.54, 1.807) is 0 Å². The highest BCUT2D eigenvalue weighted by Gasteiger charge is 2.38. The predicted molar refractivity (Wildman–Crippen MR) is 81.9 cm³/mol. The first-order chi connectivity index (χ1) is 9.73. The van der Waals surface area contributed by atoms with Crippen LogP contribution in [-0.4, -0.2) is 61.5 Å². The zero-order valence-corrected chi connectivity index (χ0v) is 13.2. The van der Waals surface area contributed by atoms with Crippen LogP contribution in [0.3, 0.4) is 0 Å². The van der Waals surface area contributed by atoms with Crippen LogP contribution < -0.4 is 5.32 Å². The molecule has 2 N–H and O–H groups in total. The van der Waals surface area contributed by atoms with Crippen LogP contribution in [0.5, 0.6) is 0 Å². The minimum Gasteiger partial charge on any atom is -0.394 e. The smallest absolute Gasteiger partial charge is 0.0613 e. The van der Waals surface area contributed by atoms with Crippen molar-refractivity contribution in [2.45, 2.75) is 57.0 Å². The minimum absolute atomic E-state index is 0.0358. The maximum Gasteiger partial charge on any atom is 0.0613 e. The number of hydrogen-bond acceptors (Lipinski definition) is 4. The molecule has 0 amide bonds. The van der Waals surface area contributed by atoms with Gasteiger partial charge in [0.05, 0.1) is 13.2 Å². The van der Waals surface area contributed by atoms with Gasteiger partial charge in [-0.3, -0.25) is 4.90 Å². The Labute approximate surface area is 123 Å². The summed E-state index contributed by atoms with van der Waals surface area (Å²) in [5, 5.41) is 13.4. The summed E-state index contributed by atoms with van der Waals surface area (Å²) < 4.78 is 5.34. The number of likely N-dealkylation sites (tertiary alicyclic amines) is 1. The third-order valence-corrected chi connectivity index (χ3v) is 5.14. The third kappa shape index (κ3) is 3.94.